The number of likely N-dealkylation sites (N-methyl/N-ethyl adjacent to an activating group) is 1. The normalized spacial score (nSPS) is 10.4. The van der Waals surface area contributed by atoms with Gasteiger partial charge in [0.2, 0.25) is 0 Å². The van der Waals surface area contributed by atoms with Crippen LogP contribution < -0.4 is 10.1 Å². The van der Waals surface area contributed by atoms with Gasteiger partial charge in [-0.2, -0.15) is 0 Å². The second-order valence-electron chi connectivity index (χ2n) is 4.24. The maximum atomic E-state index is 12.9. The van der Waals surface area contributed by atoms with Crippen molar-refractivity contribution in [2.24, 2.45) is 0 Å². The third-order valence-corrected chi connectivity index (χ3v) is 2.78. The van der Waals surface area contributed by atoms with Gasteiger partial charge in [0.05, 0.1) is 0 Å². The van der Waals surface area contributed by atoms with Crippen LogP contribution >= 0.6 is 0 Å². The Balaban J connectivity index is 2.08. The molecule has 0 fully saturated rings. The minimum atomic E-state index is -0.222. The molecule has 0 aliphatic carbocycles. The van der Waals surface area contributed by atoms with Gasteiger partial charge in [0, 0.05) is 30.9 Å². The van der Waals surface area contributed by atoms with Crippen LogP contribution in [0.2, 0.25) is 0 Å². The monoisotopic (exact) mass is 260 g/mol. The molecule has 0 saturated heterocycles. The van der Waals surface area contributed by atoms with E-state index in [1.165, 1.54) is 12.1 Å². The van der Waals surface area contributed by atoms with Gasteiger partial charge >= 0.3 is 0 Å². The van der Waals surface area contributed by atoms with Crippen LogP contribution in [0.3, 0.4) is 0 Å². The van der Waals surface area contributed by atoms with Gasteiger partial charge in [-0.15, -0.1) is 0 Å². The van der Waals surface area contributed by atoms with E-state index in [-0.39, 0.29) is 5.82 Å². The molecule has 0 amide bonds. The van der Waals surface area contributed by atoms with Crippen molar-refractivity contribution in [3.63, 3.8) is 0 Å². The third-order valence-electron chi connectivity index (χ3n) is 2.78. The number of ether oxygens (including phenoxy) is 1. The van der Waals surface area contributed by atoms with E-state index in [1.54, 1.807) is 24.5 Å². The molecule has 3 nitrogen and oxygen atoms in total. The van der Waals surface area contributed by atoms with Crippen LogP contribution in [0.25, 0.3) is 0 Å². The Kier molecular flexibility index (Phi) is 4.86. The summed E-state index contributed by atoms with van der Waals surface area (Å²) in [6.45, 7) is 1.40. The SMILES string of the molecule is CNCCOc1ccncc1Cc1ccc(F)cc1. The maximum Gasteiger partial charge on any atom is 0.125 e. The lowest BCUT2D eigenvalue weighted by Gasteiger charge is -2.10. The fourth-order valence-electron chi connectivity index (χ4n) is 1.77. The summed E-state index contributed by atoms with van der Waals surface area (Å²) in [7, 11) is 1.88. The molecule has 1 aromatic carbocycles. The molecule has 2 rings (SSSR count). The first-order valence-corrected chi connectivity index (χ1v) is 6.24. The topological polar surface area (TPSA) is 34.1 Å². The summed E-state index contributed by atoms with van der Waals surface area (Å²) in [6, 6.07) is 8.34. The van der Waals surface area contributed by atoms with Crippen molar-refractivity contribution in [3.8, 4) is 5.75 Å². The molecule has 0 unspecified atom stereocenters. The number of rotatable bonds is 6. The zero-order valence-electron chi connectivity index (χ0n) is 10.9. The molecule has 100 valence electrons. The van der Waals surface area contributed by atoms with Gasteiger partial charge < -0.3 is 10.1 Å². The van der Waals surface area contributed by atoms with E-state index in [0.29, 0.717) is 13.0 Å². The van der Waals surface area contributed by atoms with E-state index in [2.05, 4.69) is 10.3 Å². The van der Waals surface area contributed by atoms with Crippen molar-refractivity contribution in [1.29, 1.82) is 0 Å². The lowest BCUT2D eigenvalue weighted by Crippen LogP contribution is -2.16. The molecule has 0 saturated carbocycles. The lowest BCUT2D eigenvalue weighted by molar-refractivity contribution is 0.315. The molecule has 1 aromatic heterocycles. The molecule has 0 radical (unpaired) electrons. The van der Waals surface area contributed by atoms with Crippen molar-refractivity contribution in [1.82, 2.24) is 10.3 Å². The van der Waals surface area contributed by atoms with Crippen molar-refractivity contribution in [3.05, 3.63) is 59.7 Å². The van der Waals surface area contributed by atoms with Gasteiger partial charge in [-0.05, 0) is 30.8 Å². The molecule has 0 atom stereocenters. The minimum absolute atomic E-state index is 0.222. The highest BCUT2D eigenvalue weighted by Gasteiger charge is 2.05. The molecular weight excluding hydrogens is 243 g/mol. The summed E-state index contributed by atoms with van der Waals surface area (Å²) in [5.41, 5.74) is 2.04. The minimum Gasteiger partial charge on any atom is -0.492 e. The molecule has 0 bridgehead atoms. The number of pyridine rings is 1. The third kappa shape index (κ3) is 4.03. The highest BCUT2D eigenvalue weighted by atomic mass is 19.1. The molecule has 1 heterocycles. The Morgan fingerprint density at radius 1 is 1.21 bits per heavy atom. The number of nitrogens with zero attached hydrogens (tertiary/aromatic N) is 1. The van der Waals surface area contributed by atoms with E-state index in [1.807, 2.05) is 13.1 Å². The standard InChI is InChI=1S/C15H17FN2O/c1-17-8-9-19-15-6-7-18-11-13(15)10-12-2-4-14(16)5-3-12/h2-7,11,17H,8-10H2,1H3. The first-order chi connectivity index (χ1) is 9.29. The first-order valence-electron chi connectivity index (χ1n) is 6.24. The summed E-state index contributed by atoms with van der Waals surface area (Å²) >= 11 is 0. The van der Waals surface area contributed by atoms with Gasteiger partial charge in [0.15, 0.2) is 0 Å². The number of hydrogen-bond acceptors (Lipinski definition) is 3. The molecule has 0 aliphatic rings. The van der Waals surface area contributed by atoms with Crippen LogP contribution in [0.1, 0.15) is 11.1 Å². The molecule has 4 heteroatoms. The number of benzene rings is 1. The fraction of sp³-hybridized carbons (Fsp3) is 0.267. The number of aromatic nitrogens is 1. The second kappa shape index (κ2) is 6.85. The molecule has 0 spiro atoms. The Morgan fingerprint density at radius 2 is 2.00 bits per heavy atom. The van der Waals surface area contributed by atoms with Crippen molar-refractivity contribution >= 4 is 0 Å². The Morgan fingerprint density at radius 3 is 2.74 bits per heavy atom. The smallest absolute Gasteiger partial charge is 0.125 e. The van der Waals surface area contributed by atoms with E-state index >= 15 is 0 Å². The second-order valence-corrected chi connectivity index (χ2v) is 4.24. The largest absolute Gasteiger partial charge is 0.492 e. The first kappa shape index (κ1) is 13.5. The van der Waals surface area contributed by atoms with Gasteiger partial charge in [-0.3, -0.25) is 4.98 Å². The summed E-state index contributed by atoms with van der Waals surface area (Å²) in [6.07, 6.45) is 4.18. The Hall–Kier alpha value is -1.94. The summed E-state index contributed by atoms with van der Waals surface area (Å²) < 4.78 is 18.6. The van der Waals surface area contributed by atoms with E-state index in [4.69, 9.17) is 4.74 Å². The van der Waals surface area contributed by atoms with Crippen LogP contribution in [0.5, 0.6) is 5.75 Å². The fourth-order valence-corrected chi connectivity index (χ4v) is 1.77. The van der Waals surface area contributed by atoms with Gasteiger partial charge in [0.25, 0.3) is 0 Å². The van der Waals surface area contributed by atoms with Crippen LogP contribution in [0.4, 0.5) is 4.39 Å². The van der Waals surface area contributed by atoms with Crippen LogP contribution in [0, 0.1) is 5.82 Å². The van der Waals surface area contributed by atoms with Crippen LogP contribution in [-0.2, 0) is 6.42 Å². The van der Waals surface area contributed by atoms with Crippen molar-refractivity contribution in [2.45, 2.75) is 6.42 Å². The van der Waals surface area contributed by atoms with Crippen LogP contribution in [0.15, 0.2) is 42.7 Å². The molecule has 0 aliphatic heterocycles. The molecule has 2 aromatic rings. The van der Waals surface area contributed by atoms with E-state index < -0.39 is 0 Å². The summed E-state index contributed by atoms with van der Waals surface area (Å²) in [5, 5.41) is 3.03. The Labute approximate surface area is 112 Å². The summed E-state index contributed by atoms with van der Waals surface area (Å²) in [5.74, 6) is 0.606. The highest BCUT2D eigenvalue weighted by molar-refractivity contribution is 5.35. The van der Waals surface area contributed by atoms with Gasteiger partial charge in [-0.25, -0.2) is 4.39 Å². The average Bonchev–Trinajstić information content (AvgIpc) is 2.43. The average molecular weight is 260 g/mol. The van der Waals surface area contributed by atoms with Gasteiger partial charge in [-0.1, -0.05) is 12.1 Å². The maximum absolute atomic E-state index is 12.9. The van der Waals surface area contributed by atoms with Gasteiger partial charge in [0.1, 0.15) is 18.2 Å². The zero-order valence-corrected chi connectivity index (χ0v) is 10.9. The number of halogens is 1. The summed E-state index contributed by atoms with van der Waals surface area (Å²) in [4.78, 5) is 4.12. The van der Waals surface area contributed by atoms with Crippen molar-refractivity contribution in [2.75, 3.05) is 20.2 Å². The molecule has 19 heavy (non-hydrogen) atoms. The zero-order chi connectivity index (χ0) is 13.5. The van der Waals surface area contributed by atoms with E-state index in [9.17, 15) is 4.39 Å². The predicted molar refractivity (Wildman–Crippen MR) is 72.9 cm³/mol. The van der Waals surface area contributed by atoms with Crippen molar-refractivity contribution < 1.29 is 9.13 Å². The highest BCUT2D eigenvalue weighted by Crippen LogP contribution is 2.20. The Bertz CT molecular complexity index is 514. The number of hydrogen-bond donors (Lipinski definition) is 1. The van der Waals surface area contributed by atoms with E-state index in [0.717, 1.165) is 23.4 Å². The predicted octanol–water partition coefficient (Wildman–Crippen LogP) is 2.41. The number of nitrogens with one attached hydrogen (secondary N) is 1. The molecular formula is C15H17FN2O. The molecule has 1 N–H and O–H groups in total. The quantitative estimate of drug-likeness (QED) is 0.810. The lowest BCUT2D eigenvalue weighted by atomic mass is 10.1. The van der Waals surface area contributed by atoms with Crippen LogP contribution in [-0.4, -0.2) is 25.2 Å².